The highest BCUT2D eigenvalue weighted by Crippen LogP contribution is 2.36. The van der Waals surface area contributed by atoms with Gasteiger partial charge in [-0.05, 0) is 38.5 Å². The third-order valence-electron chi connectivity index (χ3n) is 8.03. The summed E-state index contributed by atoms with van der Waals surface area (Å²) in [5.74, 6) is -0.885. The average molecular weight is 661 g/mol. The largest absolute Gasteiger partial charge is 0.469 e. The Morgan fingerprint density at radius 1 is 0.556 bits per heavy atom. The number of allylic oxidation sites excluding steroid dienone is 2. The number of carbonyl (C=O) groups excluding carboxylic acids is 2. The van der Waals surface area contributed by atoms with Gasteiger partial charge in [0.2, 0.25) is 0 Å². The van der Waals surface area contributed by atoms with Crippen molar-refractivity contribution in [3.63, 3.8) is 0 Å². The van der Waals surface area contributed by atoms with E-state index in [-0.39, 0.29) is 19.4 Å². The molecule has 8 nitrogen and oxygen atoms in total. The summed E-state index contributed by atoms with van der Waals surface area (Å²) in [4.78, 5) is 42.6. The van der Waals surface area contributed by atoms with Crippen LogP contribution in [-0.2, 0) is 28.2 Å². The van der Waals surface area contributed by atoms with E-state index in [0.717, 1.165) is 51.4 Å². The molecule has 9 heteroatoms. The molecule has 0 amide bonds. The minimum absolute atomic E-state index is 0.215. The summed E-state index contributed by atoms with van der Waals surface area (Å²) in [6, 6.07) is 0. The van der Waals surface area contributed by atoms with Gasteiger partial charge in [-0.1, -0.05) is 148 Å². The van der Waals surface area contributed by atoms with Crippen molar-refractivity contribution in [2.75, 3.05) is 13.2 Å². The molecule has 0 aromatic carbocycles. The molecule has 0 saturated carbocycles. The fourth-order valence-electron chi connectivity index (χ4n) is 5.25. The number of unbranched alkanes of at least 4 members (excludes halogenated alkanes) is 22. The lowest BCUT2D eigenvalue weighted by molar-refractivity contribution is -0.161. The third kappa shape index (κ3) is 35.5. The molecule has 0 radical (unpaired) electrons. The molecule has 0 heterocycles. The number of phosphoric acid groups is 1. The summed E-state index contributed by atoms with van der Waals surface area (Å²) >= 11 is 0. The fraction of sp³-hybridized carbons (Fsp3) is 0.889. The number of hydrogen-bond acceptors (Lipinski definition) is 6. The molecular weight excluding hydrogens is 591 g/mol. The molecule has 0 aromatic heterocycles. The van der Waals surface area contributed by atoms with Crippen LogP contribution in [0.1, 0.15) is 187 Å². The average Bonchev–Trinajstić information content (AvgIpc) is 3.00. The normalized spacial score (nSPS) is 12.5. The van der Waals surface area contributed by atoms with Crippen LogP contribution >= 0.6 is 7.82 Å². The van der Waals surface area contributed by atoms with E-state index in [0.29, 0.717) is 6.42 Å². The molecule has 0 aliphatic heterocycles. The molecule has 0 aliphatic carbocycles. The van der Waals surface area contributed by atoms with E-state index in [9.17, 15) is 14.2 Å². The highest BCUT2D eigenvalue weighted by atomic mass is 31.2. The van der Waals surface area contributed by atoms with Gasteiger partial charge in [0.1, 0.15) is 6.61 Å². The summed E-state index contributed by atoms with van der Waals surface area (Å²) in [7, 11) is -4.74. The first-order valence-corrected chi connectivity index (χ1v) is 20.0. The summed E-state index contributed by atoms with van der Waals surface area (Å²) in [6.45, 7) is 3.65. The Hall–Kier alpha value is -1.21. The molecule has 1 atom stereocenters. The Morgan fingerprint density at radius 2 is 0.933 bits per heavy atom. The van der Waals surface area contributed by atoms with Crippen molar-refractivity contribution < 1.29 is 37.9 Å². The molecule has 0 rings (SSSR count). The fourth-order valence-corrected chi connectivity index (χ4v) is 5.61. The number of hydrogen-bond donors (Lipinski definition) is 2. The molecule has 0 bridgehead atoms. The molecular formula is C36H69O8P. The number of rotatable bonds is 34. The quantitative estimate of drug-likeness (QED) is 0.0303. The van der Waals surface area contributed by atoms with Crippen LogP contribution in [0.3, 0.4) is 0 Å². The SMILES string of the molecule is CCCCCCCC/C=C/CCCCCCCCCC(=O)OC[C@H](COP(=O)(O)O)OC(=O)CCCCCCCCCCCC. The molecule has 0 aliphatic rings. The molecule has 0 spiro atoms. The van der Waals surface area contributed by atoms with E-state index in [2.05, 4.69) is 30.5 Å². The van der Waals surface area contributed by atoms with Gasteiger partial charge in [0.05, 0.1) is 6.61 Å². The zero-order valence-corrected chi connectivity index (χ0v) is 29.9. The zero-order chi connectivity index (χ0) is 33.3. The Bertz CT molecular complexity index is 751. The second-order valence-electron chi connectivity index (χ2n) is 12.6. The highest BCUT2D eigenvalue weighted by Gasteiger charge is 2.22. The molecule has 0 saturated heterocycles. The van der Waals surface area contributed by atoms with Crippen molar-refractivity contribution >= 4 is 19.8 Å². The van der Waals surface area contributed by atoms with Gasteiger partial charge in [-0.3, -0.25) is 14.1 Å². The van der Waals surface area contributed by atoms with E-state index in [1.807, 2.05) is 0 Å². The Labute approximate surface area is 276 Å². The lowest BCUT2D eigenvalue weighted by atomic mass is 10.1. The number of carbonyl (C=O) groups is 2. The maximum absolute atomic E-state index is 12.3. The van der Waals surface area contributed by atoms with Crippen LogP contribution in [0.15, 0.2) is 12.2 Å². The summed E-state index contributed by atoms with van der Waals surface area (Å²) in [6.07, 6.45) is 33.6. The topological polar surface area (TPSA) is 119 Å². The van der Waals surface area contributed by atoms with Gasteiger partial charge in [-0.2, -0.15) is 0 Å². The van der Waals surface area contributed by atoms with E-state index >= 15 is 0 Å². The van der Waals surface area contributed by atoms with Crippen LogP contribution in [0.4, 0.5) is 0 Å². The van der Waals surface area contributed by atoms with Crippen molar-refractivity contribution in [2.45, 2.75) is 193 Å². The maximum Gasteiger partial charge on any atom is 0.469 e. The van der Waals surface area contributed by atoms with Gasteiger partial charge < -0.3 is 19.3 Å². The van der Waals surface area contributed by atoms with E-state index in [1.165, 1.54) is 103 Å². The predicted molar refractivity (Wildman–Crippen MR) is 184 cm³/mol. The minimum Gasteiger partial charge on any atom is -0.462 e. The van der Waals surface area contributed by atoms with Crippen LogP contribution in [-0.4, -0.2) is 41.0 Å². The minimum atomic E-state index is -4.74. The van der Waals surface area contributed by atoms with Crippen LogP contribution < -0.4 is 0 Å². The molecule has 0 aromatic rings. The highest BCUT2D eigenvalue weighted by molar-refractivity contribution is 7.46. The lowest BCUT2D eigenvalue weighted by Crippen LogP contribution is -2.29. The zero-order valence-electron chi connectivity index (χ0n) is 29.0. The summed E-state index contributed by atoms with van der Waals surface area (Å²) in [5, 5.41) is 0. The van der Waals surface area contributed by atoms with E-state index in [4.69, 9.17) is 19.3 Å². The van der Waals surface area contributed by atoms with Crippen LogP contribution in [0.5, 0.6) is 0 Å². The number of phosphoric ester groups is 1. The molecule has 45 heavy (non-hydrogen) atoms. The Morgan fingerprint density at radius 3 is 1.36 bits per heavy atom. The first kappa shape index (κ1) is 43.8. The first-order chi connectivity index (χ1) is 21.8. The van der Waals surface area contributed by atoms with Crippen molar-refractivity contribution in [1.29, 1.82) is 0 Å². The van der Waals surface area contributed by atoms with Crippen molar-refractivity contribution in [1.82, 2.24) is 0 Å². The summed E-state index contributed by atoms with van der Waals surface area (Å²) in [5.41, 5.74) is 0. The van der Waals surface area contributed by atoms with Gasteiger partial charge in [0.25, 0.3) is 0 Å². The van der Waals surface area contributed by atoms with Gasteiger partial charge in [-0.25, -0.2) is 4.57 Å². The third-order valence-corrected chi connectivity index (χ3v) is 8.52. The Balaban J connectivity index is 3.92. The van der Waals surface area contributed by atoms with E-state index in [1.54, 1.807) is 0 Å². The monoisotopic (exact) mass is 660 g/mol. The molecule has 0 unspecified atom stereocenters. The van der Waals surface area contributed by atoms with Crippen LogP contribution in [0, 0.1) is 0 Å². The smallest absolute Gasteiger partial charge is 0.462 e. The Kier molecular flexibility index (Phi) is 31.8. The second kappa shape index (κ2) is 32.7. The number of esters is 2. The van der Waals surface area contributed by atoms with Gasteiger partial charge in [0.15, 0.2) is 6.10 Å². The van der Waals surface area contributed by atoms with Gasteiger partial charge >= 0.3 is 19.8 Å². The standard InChI is InChI=1S/C36H69O8P/c1-3-5-7-9-11-13-15-16-17-18-19-20-21-23-24-26-28-30-35(37)42-32-34(33-43-45(39,40)41)44-36(38)31-29-27-25-22-14-12-10-8-6-4-2/h16-17,34H,3-15,18-33H2,1-2H3,(H2,39,40,41)/b17-16+/t34-/m1/s1. The molecule has 266 valence electrons. The van der Waals surface area contributed by atoms with Crippen molar-refractivity contribution in [3.05, 3.63) is 12.2 Å². The summed E-state index contributed by atoms with van der Waals surface area (Å²) < 4.78 is 26.2. The van der Waals surface area contributed by atoms with E-state index < -0.39 is 32.5 Å². The van der Waals surface area contributed by atoms with Gasteiger partial charge in [0, 0.05) is 12.8 Å². The maximum atomic E-state index is 12.3. The second-order valence-corrected chi connectivity index (χ2v) is 13.8. The van der Waals surface area contributed by atoms with Crippen LogP contribution in [0.25, 0.3) is 0 Å². The lowest BCUT2D eigenvalue weighted by Gasteiger charge is -2.18. The van der Waals surface area contributed by atoms with Crippen molar-refractivity contribution in [3.8, 4) is 0 Å². The van der Waals surface area contributed by atoms with Crippen molar-refractivity contribution in [2.24, 2.45) is 0 Å². The number of ether oxygens (including phenoxy) is 2. The molecule has 2 N–H and O–H groups in total. The van der Waals surface area contributed by atoms with Crippen LogP contribution in [0.2, 0.25) is 0 Å². The molecule has 0 fully saturated rings. The van der Waals surface area contributed by atoms with Gasteiger partial charge in [-0.15, -0.1) is 0 Å². The first-order valence-electron chi connectivity index (χ1n) is 18.5. The predicted octanol–water partition coefficient (Wildman–Crippen LogP) is 10.7.